The van der Waals surface area contributed by atoms with Crippen LogP contribution < -0.4 is 5.32 Å². The first-order chi connectivity index (χ1) is 7.57. The highest BCUT2D eigenvalue weighted by Gasteiger charge is 2.35. The summed E-state index contributed by atoms with van der Waals surface area (Å²) in [5.41, 5.74) is 0. The molecule has 1 saturated heterocycles. The van der Waals surface area contributed by atoms with Crippen molar-refractivity contribution in [3.05, 3.63) is 0 Å². The molecule has 1 aliphatic heterocycles. The van der Waals surface area contributed by atoms with Crippen molar-refractivity contribution in [2.75, 3.05) is 25.1 Å². The van der Waals surface area contributed by atoms with Gasteiger partial charge < -0.3 is 10.2 Å². The maximum Gasteiger partial charge on any atom is 0.243 e. The third kappa shape index (κ3) is 3.14. The van der Waals surface area contributed by atoms with Crippen LogP contribution in [0.3, 0.4) is 0 Å². The summed E-state index contributed by atoms with van der Waals surface area (Å²) in [5, 5.41) is 2.65. The van der Waals surface area contributed by atoms with Crippen LogP contribution in [0.2, 0.25) is 0 Å². The van der Waals surface area contributed by atoms with Gasteiger partial charge in [-0.15, -0.1) is 0 Å². The minimum atomic E-state index is -0.289. The van der Waals surface area contributed by atoms with Crippen molar-refractivity contribution >= 4 is 23.6 Å². The Kier molecular flexibility index (Phi) is 5.12. The van der Waals surface area contributed by atoms with Crippen molar-refractivity contribution < 1.29 is 9.59 Å². The molecule has 0 aromatic carbocycles. The molecule has 0 saturated carbocycles. The summed E-state index contributed by atoms with van der Waals surface area (Å²) in [5.74, 6) is 1.22. The molecule has 0 aliphatic carbocycles. The summed E-state index contributed by atoms with van der Waals surface area (Å²) in [7, 11) is 0. The highest BCUT2D eigenvalue weighted by molar-refractivity contribution is 7.98. The van der Waals surface area contributed by atoms with Crippen LogP contribution in [0, 0.1) is 5.92 Å². The van der Waals surface area contributed by atoms with Crippen LogP contribution in [0.5, 0.6) is 0 Å². The number of hydrogen-bond donors (Lipinski definition) is 1. The minimum Gasteiger partial charge on any atom is -0.345 e. The van der Waals surface area contributed by atoms with Gasteiger partial charge in [-0.3, -0.25) is 9.59 Å². The van der Waals surface area contributed by atoms with Gasteiger partial charge in [-0.25, -0.2) is 0 Å². The molecular weight excluding hydrogens is 224 g/mol. The number of amides is 2. The van der Waals surface area contributed by atoms with Crippen molar-refractivity contribution in [3.63, 3.8) is 0 Å². The Morgan fingerprint density at radius 1 is 1.50 bits per heavy atom. The third-order valence-electron chi connectivity index (χ3n) is 2.72. The molecule has 4 nitrogen and oxygen atoms in total. The number of nitrogens with zero attached hydrogens (tertiary/aromatic N) is 1. The highest BCUT2D eigenvalue weighted by Crippen LogP contribution is 2.15. The first kappa shape index (κ1) is 13.4. The van der Waals surface area contributed by atoms with Crippen LogP contribution in [0.4, 0.5) is 0 Å². The lowest BCUT2D eigenvalue weighted by Crippen LogP contribution is -2.60. The molecule has 1 aliphatic rings. The molecule has 2 amide bonds. The van der Waals surface area contributed by atoms with E-state index in [-0.39, 0.29) is 30.3 Å². The van der Waals surface area contributed by atoms with Gasteiger partial charge in [-0.1, -0.05) is 13.8 Å². The Morgan fingerprint density at radius 2 is 2.19 bits per heavy atom. The molecule has 5 heteroatoms. The van der Waals surface area contributed by atoms with Gasteiger partial charge in [0.15, 0.2) is 0 Å². The van der Waals surface area contributed by atoms with E-state index in [1.54, 1.807) is 16.7 Å². The largest absolute Gasteiger partial charge is 0.345 e. The molecule has 1 heterocycles. The van der Waals surface area contributed by atoms with E-state index in [0.29, 0.717) is 6.54 Å². The zero-order chi connectivity index (χ0) is 12.1. The summed E-state index contributed by atoms with van der Waals surface area (Å²) in [6.07, 6.45) is 2.99. The van der Waals surface area contributed by atoms with Gasteiger partial charge in [0.1, 0.15) is 6.04 Å². The normalized spacial score (nSPS) is 21.5. The predicted molar refractivity (Wildman–Crippen MR) is 66.3 cm³/mol. The van der Waals surface area contributed by atoms with Crippen molar-refractivity contribution in [2.24, 2.45) is 5.92 Å². The van der Waals surface area contributed by atoms with Crippen LogP contribution in [0.15, 0.2) is 0 Å². The van der Waals surface area contributed by atoms with E-state index in [4.69, 9.17) is 0 Å². The van der Waals surface area contributed by atoms with E-state index in [9.17, 15) is 9.59 Å². The van der Waals surface area contributed by atoms with Crippen LogP contribution in [0.25, 0.3) is 0 Å². The molecule has 1 rings (SSSR count). The summed E-state index contributed by atoms with van der Waals surface area (Å²) < 4.78 is 0. The van der Waals surface area contributed by atoms with Crippen LogP contribution in [-0.2, 0) is 9.59 Å². The first-order valence-corrected chi connectivity index (χ1v) is 7.03. The van der Waals surface area contributed by atoms with Crippen LogP contribution in [0.1, 0.15) is 20.3 Å². The fourth-order valence-corrected chi connectivity index (χ4v) is 2.39. The van der Waals surface area contributed by atoms with E-state index in [1.165, 1.54) is 0 Å². The van der Waals surface area contributed by atoms with E-state index in [0.717, 1.165) is 12.2 Å². The molecule has 0 aromatic rings. The highest BCUT2D eigenvalue weighted by atomic mass is 32.2. The van der Waals surface area contributed by atoms with Gasteiger partial charge in [-0.2, -0.15) is 11.8 Å². The smallest absolute Gasteiger partial charge is 0.243 e. The van der Waals surface area contributed by atoms with Crippen molar-refractivity contribution in [1.82, 2.24) is 10.2 Å². The molecule has 1 fully saturated rings. The van der Waals surface area contributed by atoms with Gasteiger partial charge >= 0.3 is 0 Å². The Labute approximate surface area is 101 Å². The summed E-state index contributed by atoms with van der Waals surface area (Å²) >= 11 is 1.76. The van der Waals surface area contributed by atoms with Gasteiger partial charge in [-0.05, 0) is 24.3 Å². The Hall–Kier alpha value is -0.710. The SMILES string of the molecule is CSCCCN1C(=O)CNC(=O)C1C(C)C. The second kappa shape index (κ2) is 6.13. The zero-order valence-electron chi connectivity index (χ0n) is 10.2. The molecule has 1 atom stereocenters. The lowest BCUT2D eigenvalue weighted by Gasteiger charge is -2.37. The van der Waals surface area contributed by atoms with E-state index in [2.05, 4.69) is 5.32 Å². The van der Waals surface area contributed by atoms with Gasteiger partial charge in [0.2, 0.25) is 11.8 Å². The van der Waals surface area contributed by atoms with E-state index in [1.807, 2.05) is 20.1 Å². The fourth-order valence-electron chi connectivity index (χ4n) is 1.97. The Balaban J connectivity index is 2.65. The summed E-state index contributed by atoms with van der Waals surface area (Å²) in [6.45, 7) is 4.80. The van der Waals surface area contributed by atoms with Gasteiger partial charge in [0.05, 0.1) is 6.54 Å². The van der Waals surface area contributed by atoms with Crippen LogP contribution >= 0.6 is 11.8 Å². The second-order valence-electron chi connectivity index (χ2n) is 4.34. The van der Waals surface area contributed by atoms with Gasteiger partial charge in [0.25, 0.3) is 0 Å². The maximum atomic E-state index is 11.8. The number of rotatable bonds is 5. The minimum absolute atomic E-state index is 0.0150. The molecule has 0 aromatic heterocycles. The number of nitrogens with one attached hydrogen (secondary N) is 1. The fraction of sp³-hybridized carbons (Fsp3) is 0.818. The maximum absolute atomic E-state index is 11.8. The molecule has 16 heavy (non-hydrogen) atoms. The number of carbonyl (C=O) groups excluding carboxylic acids is 2. The number of carbonyl (C=O) groups is 2. The predicted octanol–water partition coefficient (Wildman–Crippen LogP) is 0.722. The molecule has 0 spiro atoms. The van der Waals surface area contributed by atoms with E-state index < -0.39 is 0 Å². The number of piperazine rings is 1. The molecule has 92 valence electrons. The lowest BCUT2D eigenvalue weighted by molar-refractivity contribution is -0.147. The van der Waals surface area contributed by atoms with Gasteiger partial charge in [0, 0.05) is 6.54 Å². The second-order valence-corrected chi connectivity index (χ2v) is 5.33. The molecule has 0 bridgehead atoms. The van der Waals surface area contributed by atoms with Crippen molar-refractivity contribution in [2.45, 2.75) is 26.3 Å². The summed E-state index contributed by atoms with van der Waals surface area (Å²) in [4.78, 5) is 25.2. The van der Waals surface area contributed by atoms with Crippen LogP contribution in [-0.4, -0.2) is 47.9 Å². The molecular formula is C11H20N2O2S. The number of thioether (sulfide) groups is 1. The standard InChI is InChI=1S/C11H20N2O2S/c1-8(2)10-11(15)12-7-9(14)13(10)5-4-6-16-3/h8,10H,4-7H2,1-3H3,(H,12,15). The zero-order valence-corrected chi connectivity index (χ0v) is 11.0. The van der Waals surface area contributed by atoms with Crippen molar-refractivity contribution in [3.8, 4) is 0 Å². The monoisotopic (exact) mass is 244 g/mol. The lowest BCUT2D eigenvalue weighted by atomic mass is 9.99. The quantitative estimate of drug-likeness (QED) is 0.725. The van der Waals surface area contributed by atoms with Crippen molar-refractivity contribution in [1.29, 1.82) is 0 Å². The third-order valence-corrected chi connectivity index (χ3v) is 3.41. The molecule has 1 unspecified atom stereocenters. The summed E-state index contributed by atoms with van der Waals surface area (Å²) in [6, 6.07) is -0.289. The molecule has 1 N–H and O–H groups in total. The first-order valence-electron chi connectivity index (χ1n) is 5.64. The topological polar surface area (TPSA) is 49.4 Å². The Bertz CT molecular complexity index is 269. The average Bonchev–Trinajstić information content (AvgIpc) is 2.23. The average molecular weight is 244 g/mol. The number of hydrogen-bond acceptors (Lipinski definition) is 3. The van der Waals surface area contributed by atoms with E-state index >= 15 is 0 Å². The molecule has 0 radical (unpaired) electrons. The Morgan fingerprint density at radius 3 is 2.75 bits per heavy atom.